The van der Waals surface area contributed by atoms with Crippen LogP contribution in [-0.4, -0.2) is 58.1 Å². The van der Waals surface area contributed by atoms with Crippen molar-refractivity contribution in [1.29, 1.82) is 0 Å². The maximum Gasteiger partial charge on any atom is 0.264 e. The van der Waals surface area contributed by atoms with E-state index >= 15 is 0 Å². The highest BCUT2D eigenvalue weighted by Gasteiger charge is 2.27. The second-order valence-corrected chi connectivity index (χ2v) is 9.05. The first-order valence-corrected chi connectivity index (χ1v) is 11.4. The highest BCUT2D eigenvalue weighted by Crippen LogP contribution is 2.36. The number of aryl methyl sites for hydroxylation is 1. The summed E-state index contributed by atoms with van der Waals surface area (Å²) in [5, 5.41) is 7.15. The van der Waals surface area contributed by atoms with Crippen molar-refractivity contribution in [1.82, 2.24) is 20.0 Å². The van der Waals surface area contributed by atoms with Crippen molar-refractivity contribution in [2.45, 2.75) is 38.8 Å². The lowest BCUT2D eigenvalue weighted by molar-refractivity contribution is 0.0788. The van der Waals surface area contributed by atoms with Gasteiger partial charge in [-0.1, -0.05) is 0 Å². The molecule has 142 valence electrons. The van der Waals surface area contributed by atoms with Gasteiger partial charge in [-0.3, -0.25) is 14.8 Å². The predicted octanol–water partition coefficient (Wildman–Crippen LogP) is 3.94. The first-order chi connectivity index (χ1) is 12.6. The van der Waals surface area contributed by atoms with E-state index in [0.29, 0.717) is 12.6 Å². The third-order valence-electron chi connectivity index (χ3n) is 4.83. The van der Waals surface area contributed by atoms with E-state index in [1.807, 2.05) is 37.9 Å². The van der Waals surface area contributed by atoms with E-state index in [0.717, 1.165) is 22.8 Å². The van der Waals surface area contributed by atoms with E-state index in [1.165, 1.54) is 36.4 Å². The van der Waals surface area contributed by atoms with Crippen LogP contribution in [0.2, 0.25) is 0 Å². The van der Waals surface area contributed by atoms with Crippen LogP contribution in [0.5, 0.6) is 0 Å². The third kappa shape index (κ3) is 4.69. The van der Waals surface area contributed by atoms with Crippen LogP contribution in [-0.2, 0) is 6.54 Å². The van der Waals surface area contributed by atoms with Gasteiger partial charge in [-0.05, 0) is 69.5 Å². The summed E-state index contributed by atoms with van der Waals surface area (Å²) < 4.78 is 0. The van der Waals surface area contributed by atoms with Crippen molar-refractivity contribution in [3.63, 3.8) is 0 Å². The van der Waals surface area contributed by atoms with E-state index in [9.17, 15) is 4.79 Å². The molecule has 1 fully saturated rings. The quantitative estimate of drug-likeness (QED) is 0.691. The molecule has 0 unspecified atom stereocenters. The Balaban J connectivity index is 1.62. The van der Waals surface area contributed by atoms with Crippen molar-refractivity contribution in [3.05, 3.63) is 39.3 Å². The van der Waals surface area contributed by atoms with Gasteiger partial charge in [0.1, 0.15) is 0 Å². The van der Waals surface area contributed by atoms with Crippen LogP contribution < -0.4 is 0 Å². The molecular formula is C19H28N4OS2. The number of likely N-dealkylation sites (tertiary alicyclic amines) is 1. The van der Waals surface area contributed by atoms with Gasteiger partial charge in [0.2, 0.25) is 0 Å². The molecule has 7 heteroatoms. The average molecular weight is 393 g/mol. The second kappa shape index (κ2) is 9.06. The van der Waals surface area contributed by atoms with E-state index in [-0.39, 0.29) is 5.91 Å². The van der Waals surface area contributed by atoms with Gasteiger partial charge in [0, 0.05) is 23.7 Å². The molecule has 2 aromatic rings. The fourth-order valence-corrected chi connectivity index (χ4v) is 5.12. The monoisotopic (exact) mass is 392 g/mol. The summed E-state index contributed by atoms with van der Waals surface area (Å²) in [5.41, 5.74) is 1.91. The first-order valence-electron chi connectivity index (χ1n) is 9.17. The molecule has 3 heterocycles. The van der Waals surface area contributed by atoms with Gasteiger partial charge < -0.3 is 4.90 Å². The minimum atomic E-state index is 0.0776. The lowest BCUT2D eigenvalue weighted by Crippen LogP contribution is -2.25. The van der Waals surface area contributed by atoms with Gasteiger partial charge >= 0.3 is 0 Å². The number of nitrogens with one attached hydrogen (secondary N) is 1. The number of thiophene rings is 1. The van der Waals surface area contributed by atoms with Gasteiger partial charge in [0.15, 0.2) is 0 Å². The van der Waals surface area contributed by atoms with Gasteiger partial charge in [0.25, 0.3) is 5.91 Å². The Kier molecular flexibility index (Phi) is 6.78. The fourth-order valence-electron chi connectivity index (χ4n) is 3.53. The molecule has 1 amide bonds. The molecule has 1 aliphatic rings. The normalized spacial score (nSPS) is 17.7. The molecular weight excluding hydrogens is 364 g/mol. The van der Waals surface area contributed by atoms with Crippen LogP contribution in [0.4, 0.5) is 0 Å². The predicted molar refractivity (Wildman–Crippen MR) is 110 cm³/mol. The molecule has 5 nitrogen and oxygen atoms in total. The molecule has 0 bridgehead atoms. The summed E-state index contributed by atoms with van der Waals surface area (Å²) in [5.74, 6) is 1.29. The van der Waals surface area contributed by atoms with E-state index in [2.05, 4.69) is 27.4 Å². The molecule has 1 N–H and O–H groups in total. The zero-order valence-corrected chi connectivity index (χ0v) is 17.5. The lowest BCUT2D eigenvalue weighted by Gasteiger charge is -2.23. The molecule has 0 radical (unpaired) electrons. The number of H-pyrrole nitrogens is 1. The minimum Gasteiger partial charge on any atom is -0.335 e. The van der Waals surface area contributed by atoms with Crippen LogP contribution in [0, 0.1) is 6.92 Å². The Morgan fingerprint density at radius 2 is 2.35 bits per heavy atom. The minimum absolute atomic E-state index is 0.0776. The highest BCUT2D eigenvalue weighted by molar-refractivity contribution is 7.98. The Bertz CT molecular complexity index is 727. The van der Waals surface area contributed by atoms with Crippen LogP contribution in [0.3, 0.4) is 0 Å². The molecule has 26 heavy (non-hydrogen) atoms. The summed E-state index contributed by atoms with van der Waals surface area (Å²) in [4.78, 5) is 19.3. The lowest BCUT2D eigenvalue weighted by atomic mass is 10.2. The van der Waals surface area contributed by atoms with E-state index < -0.39 is 0 Å². The number of carbonyl (C=O) groups excluding carboxylic acids is 1. The molecule has 0 saturated carbocycles. The Morgan fingerprint density at radius 1 is 1.50 bits per heavy atom. The topological polar surface area (TPSA) is 52.2 Å². The van der Waals surface area contributed by atoms with Crippen molar-refractivity contribution >= 4 is 29.0 Å². The van der Waals surface area contributed by atoms with Crippen molar-refractivity contribution in [3.8, 4) is 0 Å². The molecule has 1 atom stereocenters. The second-order valence-electron chi connectivity index (χ2n) is 6.95. The molecule has 2 aromatic heterocycles. The average Bonchev–Trinajstić information content (AvgIpc) is 3.35. The number of rotatable bonds is 8. The molecule has 1 saturated heterocycles. The van der Waals surface area contributed by atoms with Gasteiger partial charge in [-0.2, -0.15) is 16.9 Å². The number of amides is 1. The molecule has 0 aromatic carbocycles. The number of aromatic nitrogens is 2. The largest absolute Gasteiger partial charge is 0.335 e. The highest BCUT2D eigenvalue weighted by atomic mass is 32.2. The van der Waals surface area contributed by atoms with Crippen LogP contribution in [0.15, 0.2) is 18.2 Å². The number of nitrogens with zero attached hydrogens (tertiary/aromatic N) is 3. The van der Waals surface area contributed by atoms with Gasteiger partial charge in [-0.25, -0.2) is 0 Å². The first kappa shape index (κ1) is 19.5. The number of aromatic amines is 1. The summed E-state index contributed by atoms with van der Waals surface area (Å²) in [6.07, 6.45) is 5.86. The molecule has 3 rings (SSSR count). The number of carbonyl (C=O) groups is 1. The Hall–Kier alpha value is -1.31. The van der Waals surface area contributed by atoms with Crippen LogP contribution in [0.25, 0.3) is 0 Å². The fraction of sp³-hybridized carbons (Fsp3) is 0.579. The third-order valence-corrected chi connectivity index (χ3v) is 6.70. The van der Waals surface area contributed by atoms with Crippen molar-refractivity contribution in [2.75, 3.05) is 32.1 Å². The maximum atomic E-state index is 12.8. The zero-order valence-electron chi connectivity index (χ0n) is 15.8. The Labute approximate surface area is 164 Å². The smallest absolute Gasteiger partial charge is 0.264 e. The Morgan fingerprint density at radius 3 is 3.08 bits per heavy atom. The summed E-state index contributed by atoms with van der Waals surface area (Å²) in [6.45, 7) is 4.83. The summed E-state index contributed by atoms with van der Waals surface area (Å²) in [6, 6.07) is 6.62. The van der Waals surface area contributed by atoms with Crippen molar-refractivity contribution in [2.24, 2.45) is 0 Å². The molecule has 0 spiro atoms. The zero-order chi connectivity index (χ0) is 18.5. The summed E-state index contributed by atoms with van der Waals surface area (Å²) >= 11 is 3.57. The van der Waals surface area contributed by atoms with E-state index in [4.69, 9.17) is 0 Å². The SMILES string of the molecule is CSCCCN1CCC[C@@H]1c1ccc(C(=O)N(C)Cc2cc(C)[nH]n2)s1. The number of hydrogen-bond donors (Lipinski definition) is 1. The number of thioether (sulfide) groups is 1. The van der Waals surface area contributed by atoms with Gasteiger partial charge in [-0.15, -0.1) is 11.3 Å². The summed E-state index contributed by atoms with van der Waals surface area (Å²) in [7, 11) is 1.84. The van der Waals surface area contributed by atoms with Gasteiger partial charge in [0.05, 0.1) is 17.1 Å². The maximum absolute atomic E-state index is 12.8. The van der Waals surface area contributed by atoms with Crippen molar-refractivity contribution < 1.29 is 4.79 Å². The van der Waals surface area contributed by atoms with Crippen LogP contribution in [0.1, 0.15) is 51.2 Å². The standard InChI is InChI=1S/C19H28N4OS2/c1-14-12-15(21-20-14)13-22(2)19(24)18-8-7-17(26-18)16-6-4-9-23(16)10-5-11-25-3/h7-8,12,16H,4-6,9-11,13H2,1-3H3,(H,20,21)/t16-/m1/s1. The molecule has 1 aliphatic heterocycles. The van der Waals surface area contributed by atoms with E-state index in [1.54, 1.807) is 16.2 Å². The molecule has 0 aliphatic carbocycles. The number of hydrogen-bond acceptors (Lipinski definition) is 5. The van der Waals surface area contributed by atoms with Crippen LogP contribution >= 0.6 is 23.1 Å².